The van der Waals surface area contributed by atoms with E-state index in [2.05, 4.69) is 40.3 Å². The summed E-state index contributed by atoms with van der Waals surface area (Å²) >= 11 is 4.65. The third kappa shape index (κ3) is 1.72. The normalized spacial score (nSPS) is 44.3. The van der Waals surface area contributed by atoms with Crippen molar-refractivity contribution in [1.82, 2.24) is 0 Å². The van der Waals surface area contributed by atoms with Crippen LogP contribution in [-0.2, 0) is 9.47 Å². The highest BCUT2D eigenvalue weighted by Gasteiger charge is 2.54. The lowest BCUT2D eigenvalue weighted by molar-refractivity contribution is -0.0742. The first kappa shape index (κ1) is 12.4. The summed E-state index contributed by atoms with van der Waals surface area (Å²) in [7, 11) is 3.77. The van der Waals surface area contributed by atoms with Gasteiger partial charge in [0.25, 0.3) is 0 Å². The van der Waals surface area contributed by atoms with Gasteiger partial charge in [0.15, 0.2) is 0 Å². The maximum Gasteiger partial charge on any atom is 0.142 e. The van der Waals surface area contributed by atoms with Crippen LogP contribution in [0.3, 0.4) is 0 Å². The molecule has 0 saturated carbocycles. The number of ether oxygens (including phenoxy) is 2. The Labute approximate surface area is 93.6 Å². The van der Waals surface area contributed by atoms with Crippen molar-refractivity contribution < 1.29 is 9.47 Å². The molecule has 4 unspecified atom stereocenters. The molecule has 4 heteroatoms. The van der Waals surface area contributed by atoms with Crippen molar-refractivity contribution in [1.29, 1.82) is 0 Å². The molecule has 82 valence electrons. The number of thiol groups is 1. The molecule has 0 aromatic rings. The van der Waals surface area contributed by atoms with E-state index in [9.17, 15) is 0 Å². The van der Waals surface area contributed by atoms with Gasteiger partial charge >= 0.3 is 0 Å². The van der Waals surface area contributed by atoms with Crippen LogP contribution in [0.1, 0.15) is 27.7 Å². The van der Waals surface area contributed by atoms with E-state index in [1.54, 1.807) is 7.11 Å². The van der Waals surface area contributed by atoms with Crippen LogP contribution in [0, 0.1) is 5.41 Å². The highest BCUT2D eigenvalue weighted by Crippen LogP contribution is 2.46. The molecular formula is C10H21BO2S. The molecule has 0 amide bonds. The minimum absolute atomic E-state index is 0.0704. The smallest absolute Gasteiger partial charge is 0.142 e. The summed E-state index contributed by atoms with van der Waals surface area (Å²) < 4.78 is 11.5. The monoisotopic (exact) mass is 216 g/mol. The van der Waals surface area contributed by atoms with Gasteiger partial charge in [-0.25, -0.2) is 0 Å². The average molecular weight is 216 g/mol. The van der Waals surface area contributed by atoms with Crippen LogP contribution < -0.4 is 0 Å². The quantitative estimate of drug-likeness (QED) is 0.522. The molecule has 0 N–H and O–H groups in total. The van der Waals surface area contributed by atoms with Gasteiger partial charge in [0, 0.05) is 7.11 Å². The summed E-state index contributed by atoms with van der Waals surface area (Å²) in [5.41, 5.74) is -0.156. The summed E-state index contributed by atoms with van der Waals surface area (Å²) in [5.74, 6) is 0. The molecular weight excluding hydrogens is 195 g/mol. The molecule has 1 heterocycles. The first-order valence-corrected chi connectivity index (χ1v) is 5.64. The molecule has 14 heavy (non-hydrogen) atoms. The van der Waals surface area contributed by atoms with Crippen molar-refractivity contribution in [3.8, 4) is 0 Å². The Morgan fingerprint density at radius 1 is 1.43 bits per heavy atom. The van der Waals surface area contributed by atoms with E-state index >= 15 is 0 Å². The summed E-state index contributed by atoms with van der Waals surface area (Å²) in [5, 5.41) is 0.127. The fourth-order valence-electron chi connectivity index (χ4n) is 2.03. The third-order valence-corrected chi connectivity index (χ3v) is 4.32. The molecule has 0 aromatic heterocycles. The van der Waals surface area contributed by atoms with E-state index in [1.807, 2.05) is 7.85 Å². The van der Waals surface area contributed by atoms with Gasteiger partial charge in [0.05, 0.1) is 23.0 Å². The standard InChI is InChI=1S/C10H21BO2S/c1-9(2,3)10(4)7(14)6(12-5)8(11)13-10/h6-8,14H,11H2,1-5H3. The van der Waals surface area contributed by atoms with Gasteiger partial charge in [-0.2, -0.15) is 12.6 Å². The second kappa shape index (κ2) is 3.73. The van der Waals surface area contributed by atoms with Crippen LogP contribution in [0.25, 0.3) is 0 Å². The minimum atomic E-state index is -0.226. The van der Waals surface area contributed by atoms with E-state index in [0.717, 1.165) is 0 Å². The van der Waals surface area contributed by atoms with Crippen LogP contribution in [0.15, 0.2) is 0 Å². The highest BCUT2D eigenvalue weighted by molar-refractivity contribution is 7.81. The van der Waals surface area contributed by atoms with Gasteiger partial charge in [-0.1, -0.05) is 20.8 Å². The molecule has 1 rings (SSSR count). The Hall–Kier alpha value is 0.335. The summed E-state index contributed by atoms with van der Waals surface area (Å²) in [6.07, 6.45) is 0.0857. The number of rotatable bonds is 1. The predicted molar refractivity (Wildman–Crippen MR) is 64.8 cm³/mol. The average Bonchev–Trinajstić information content (AvgIpc) is 2.23. The SMILES string of the molecule is BC1OC(C)(C(C)(C)C)C(S)C1OC. The largest absolute Gasteiger partial charge is 0.378 e. The van der Waals surface area contributed by atoms with Crippen molar-refractivity contribution in [2.24, 2.45) is 5.41 Å². The minimum Gasteiger partial charge on any atom is -0.378 e. The van der Waals surface area contributed by atoms with Crippen LogP contribution >= 0.6 is 12.6 Å². The molecule has 0 aliphatic carbocycles. The summed E-state index contributed by atoms with van der Waals surface area (Å²) in [6, 6.07) is 0.117. The van der Waals surface area contributed by atoms with Crippen LogP contribution in [0.5, 0.6) is 0 Å². The second-order valence-corrected chi connectivity index (χ2v) is 5.88. The number of hydrogen-bond acceptors (Lipinski definition) is 3. The molecule has 2 nitrogen and oxygen atoms in total. The van der Waals surface area contributed by atoms with Crippen molar-refractivity contribution in [3.05, 3.63) is 0 Å². The van der Waals surface area contributed by atoms with Gasteiger partial charge in [0.2, 0.25) is 0 Å². The molecule has 1 aliphatic heterocycles. The molecule has 4 atom stereocenters. The van der Waals surface area contributed by atoms with Crippen molar-refractivity contribution in [2.45, 2.75) is 50.7 Å². The first-order chi connectivity index (χ1) is 6.24. The zero-order valence-corrected chi connectivity index (χ0v) is 10.9. The van der Waals surface area contributed by atoms with Gasteiger partial charge in [-0.15, -0.1) is 0 Å². The van der Waals surface area contributed by atoms with Gasteiger partial charge in [-0.05, 0) is 12.3 Å². The third-order valence-electron chi connectivity index (χ3n) is 3.53. The Bertz CT molecular complexity index is 217. The summed E-state index contributed by atoms with van der Waals surface area (Å²) in [4.78, 5) is 0. The second-order valence-electron chi connectivity index (χ2n) is 5.33. The fraction of sp³-hybridized carbons (Fsp3) is 1.00. The lowest BCUT2D eigenvalue weighted by atomic mass is 9.75. The molecule has 1 fully saturated rings. The molecule has 1 saturated heterocycles. The molecule has 0 aromatic carbocycles. The Balaban J connectivity index is 2.94. The zero-order valence-electron chi connectivity index (χ0n) is 10.00. The maximum atomic E-state index is 6.03. The van der Waals surface area contributed by atoms with Crippen LogP contribution in [0.4, 0.5) is 0 Å². The Morgan fingerprint density at radius 3 is 2.14 bits per heavy atom. The maximum absolute atomic E-state index is 6.03. The first-order valence-electron chi connectivity index (χ1n) is 5.12. The fourth-order valence-corrected chi connectivity index (χ4v) is 2.85. The van der Waals surface area contributed by atoms with Gasteiger partial charge < -0.3 is 9.47 Å². The van der Waals surface area contributed by atoms with E-state index < -0.39 is 0 Å². The molecule has 0 spiro atoms. The Kier molecular flexibility index (Phi) is 3.30. The lowest BCUT2D eigenvalue weighted by Crippen LogP contribution is -2.47. The van der Waals surface area contributed by atoms with Crippen molar-refractivity contribution in [3.63, 3.8) is 0 Å². The van der Waals surface area contributed by atoms with Crippen LogP contribution in [-0.4, -0.2) is 37.9 Å². The highest BCUT2D eigenvalue weighted by atomic mass is 32.1. The number of hydrogen-bond donors (Lipinski definition) is 1. The van der Waals surface area contributed by atoms with Crippen molar-refractivity contribution in [2.75, 3.05) is 7.11 Å². The van der Waals surface area contributed by atoms with E-state index in [-0.39, 0.29) is 28.4 Å². The van der Waals surface area contributed by atoms with E-state index in [0.29, 0.717) is 0 Å². The summed E-state index contributed by atoms with van der Waals surface area (Å²) in [6.45, 7) is 8.67. The van der Waals surface area contributed by atoms with Crippen molar-refractivity contribution >= 4 is 20.5 Å². The molecule has 0 radical (unpaired) electrons. The lowest BCUT2D eigenvalue weighted by Gasteiger charge is -2.41. The van der Waals surface area contributed by atoms with E-state index in [1.165, 1.54) is 0 Å². The van der Waals surface area contributed by atoms with Gasteiger partial charge in [0.1, 0.15) is 7.85 Å². The van der Waals surface area contributed by atoms with Gasteiger partial charge in [-0.3, -0.25) is 0 Å². The predicted octanol–water partition coefficient (Wildman–Crippen LogP) is 1.09. The topological polar surface area (TPSA) is 18.5 Å². The molecule has 1 aliphatic rings. The van der Waals surface area contributed by atoms with Crippen LogP contribution in [0.2, 0.25) is 0 Å². The number of methoxy groups -OCH3 is 1. The van der Waals surface area contributed by atoms with E-state index in [4.69, 9.17) is 9.47 Å². The Morgan fingerprint density at radius 2 is 1.93 bits per heavy atom. The zero-order chi connectivity index (χ0) is 11.1. The molecule has 0 bridgehead atoms.